The standard InChI is InChI=1S/C23H25N3O2.C17H16N2O/c1-14-19(23(28)13-25-18-8-9-20(25)22(27)10-18)11-21(16-4-5-16)26(14)17-6-2-15(12-24)3-7-17;1-11-16(12(2)20)9-17(14-5-6-14)19(11)15-7-3-13(10-18)4-8-15/h2-3,6-7,11,16,18,20,22,27H,4-5,8-10,13H2,1H3;3-4,7-9,14H,5-6H2,1-2H3/t18?,20?,22-;/m0./s1. The van der Waals surface area contributed by atoms with Crippen molar-refractivity contribution >= 4 is 11.6 Å². The predicted octanol–water partition coefficient (Wildman–Crippen LogP) is 7.05. The molecule has 4 aliphatic rings. The van der Waals surface area contributed by atoms with Crippen molar-refractivity contribution in [1.29, 1.82) is 10.5 Å². The average Bonchev–Trinajstić information content (AvgIpc) is 4.01. The molecule has 2 aromatic heterocycles. The fourth-order valence-corrected chi connectivity index (χ4v) is 7.88. The summed E-state index contributed by atoms with van der Waals surface area (Å²) < 4.78 is 4.36. The minimum absolute atomic E-state index is 0.108. The lowest BCUT2D eigenvalue weighted by Crippen LogP contribution is -2.36. The first-order chi connectivity index (χ1) is 23.2. The van der Waals surface area contributed by atoms with Crippen molar-refractivity contribution < 1.29 is 14.7 Å². The first-order valence-electron chi connectivity index (χ1n) is 17.1. The smallest absolute Gasteiger partial charge is 0.178 e. The topological polar surface area (TPSA) is 115 Å². The van der Waals surface area contributed by atoms with Crippen molar-refractivity contribution in [1.82, 2.24) is 14.0 Å². The van der Waals surface area contributed by atoms with Crippen molar-refractivity contribution in [3.8, 4) is 23.5 Å². The number of fused-ring (bicyclic) bond motifs is 2. The van der Waals surface area contributed by atoms with Crippen LogP contribution >= 0.6 is 0 Å². The minimum atomic E-state index is -0.280. The molecule has 2 aromatic carbocycles. The predicted molar refractivity (Wildman–Crippen MR) is 183 cm³/mol. The first kappa shape index (κ1) is 31.8. The number of benzene rings is 2. The molecule has 4 aromatic rings. The zero-order valence-electron chi connectivity index (χ0n) is 27.8. The number of rotatable bonds is 8. The third kappa shape index (κ3) is 5.92. The Balaban J connectivity index is 0.000000161. The highest BCUT2D eigenvalue weighted by Gasteiger charge is 2.46. The Morgan fingerprint density at radius 3 is 1.62 bits per heavy atom. The van der Waals surface area contributed by atoms with Crippen LogP contribution < -0.4 is 0 Å². The van der Waals surface area contributed by atoms with Crippen LogP contribution in [0.25, 0.3) is 11.4 Å². The summed E-state index contributed by atoms with van der Waals surface area (Å²) >= 11 is 0. The molecule has 4 heterocycles. The molecular weight excluding hydrogens is 598 g/mol. The summed E-state index contributed by atoms with van der Waals surface area (Å²) in [5.74, 6) is 1.34. The Morgan fingerprint density at radius 1 is 0.750 bits per heavy atom. The molecule has 0 radical (unpaired) electrons. The number of aliphatic hydroxyl groups is 1. The molecule has 3 atom stereocenters. The molecule has 2 saturated heterocycles. The van der Waals surface area contributed by atoms with Gasteiger partial charge in [-0.15, -0.1) is 0 Å². The van der Waals surface area contributed by atoms with Gasteiger partial charge in [-0.25, -0.2) is 0 Å². The van der Waals surface area contributed by atoms with Crippen LogP contribution in [0.15, 0.2) is 60.7 Å². The molecule has 244 valence electrons. The lowest BCUT2D eigenvalue weighted by Gasteiger charge is -2.21. The van der Waals surface area contributed by atoms with E-state index in [0.29, 0.717) is 35.5 Å². The van der Waals surface area contributed by atoms with Crippen LogP contribution in [0.1, 0.15) is 118 Å². The minimum Gasteiger partial charge on any atom is -0.391 e. The number of carbonyl (C=O) groups excluding carboxylic acids is 2. The van der Waals surface area contributed by atoms with E-state index in [0.717, 1.165) is 66.0 Å². The number of ketones is 2. The Labute approximate surface area is 281 Å². The first-order valence-corrected chi connectivity index (χ1v) is 17.1. The zero-order valence-corrected chi connectivity index (χ0v) is 27.8. The Morgan fingerprint density at radius 2 is 1.23 bits per heavy atom. The van der Waals surface area contributed by atoms with Crippen LogP contribution in [0.5, 0.6) is 0 Å². The van der Waals surface area contributed by atoms with Gasteiger partial charge >= 0.3 is 0 Å². The van der Waals surface area contributed by atoms with E-state index in [9.17, 15) is 14.7 Å². The fourth-order valence-electron chi connectivity index (χ4n) is 7.88. The molecule has 1 N–H and O–H groups in total. The van der Waals surface area contributed by atoms with E-state index < -0.39 is 0 Å². The molecule has 0 amide bonds. The van der Waals surface area contributed by atoms with Gasteiger partial charge in [-0.2, -0.15) is 10.5 Å². The van der Waals surface area contributed by atoms with Crippen molar-refractivity contribution in [3.05, 3.63) is 106 Å². The van der Waals surface area contributed by atoms with Gasteiger partial charge < -0.3 is 14.2 Å². The molecule has 8 nitrogen and oxygen atoms in total. The van der Waals surface area contributed by atoms with Gasteiger partial charge in [0.05, 0.1) is 35.9 Å². The van der Waals surface area contributed by atoms with Crippen molar-refractivity contribution in [2.24, 2.45) is 0 Å². The largest absolute Gasteiger partial charge is 0.391 e. The maximum atomic E-state index is 13.2. The van der Waals surface area contributed by atoms with E-state index in [1.165, 1.54) is 24.2 Å². The Kier molecular flexibility index (Phi) is 8.41. The number of hydrogen-bond donors (Lipinski definition) is 1. The van der Waals surface area contributed by atoms with Crippen molar-refractivity contribution in [3.63, 3.8) is 0 Å². The summed E-state index contributed by atoms with van der Waals surface area (Å²) in [5.41, 5.74) is 9.31. The summed E-state index contributed by atoms with van der Waals surface area (Å²) in [6.07, 6.45) is 7.32. The van der Waals surface area contributed by atoms with E-state index in [1.54, 1.807) is 6.92 Å². The van der Waals surface area contributed by atoms with E-state index in [2.05, 4.69) is 32.2 Å². The van der Waals surface area contributed by atoms with Crippen LogP contribution in [-0.4, -0.2) is 55.4 Å². The Hall–Kier alpha value is -4.76. The normalized spacial score (nSPS) is 21.3. The van der Waals surface area contributed by atoms with Gasteiger partial charge in [-0.05, 0) is 138 Å². The summed E-state index contributed by atoms with van der Waals surface area (Å²) in [7, 11) is 0. The highest BCUT2D eigenvalue weighted by atomic mass is 16.3. The van der Waals surface area contributed by atoms with Crippen molar-refractivity contribution in [2.45, 2.75) is 95.7 Å². The molecule has 0 spiro atoms. The van der Waals surface area contributed by atoms with Crippen molar-refractivity contribution in [2.75, 3.05) is 6.54 Å². The lowest BCUT2D eigenvalue weighted by molar-refractivity contribution is 0.0872. The van der Waals surface area contributed by atoms with E-state index in [1.807, 2.05) is 68.4 Å². The van der Waals surface area contributed by atoms with Gasteiger partial charge in [0.2, 0.25) is 0 Å². The van der Waals surface area contributed by atoms with E-state index in [-0.39, 0.29) is 23.7 Å². The maximum absolute atomic E-state index is 13.2. The Bertz CT molecular complexity index is 1960. The van der Waals surface area contributed by atoms with Gasteiger partial charge in [0.15, 0.2) is 11.6 Å². The van der Waals surface area contributed by atoms with E-state index in [4.69, 9.17) is 10.5 Å². The highest BCUT2D eigenvalue weighted by Crippen LogP contribution is 2.44. The number of Topliss-reactive ketones (excluding diaryl/α,β-unsaturated/α-hetero) is 2. The molecule has 8 rings (SSSR count). The summed E-state index contributed by atoms with van der Waals surface area (Å²) in [4.78, 5) is 27.2. The third-order valence-corrected chi connectivity index (χ3v) is 10.7. The van der Waals surface area contributed by atoms with Crippen LogP contribution in [0, 0.1) is 36.5 Å². The average molecular weight is 640 g/mol. The second kappa shape index (κ2) is 12.7. The number of aromatic nitrogens is 2. The van der Waals surface area contributed by atoms with Crippen LogP contribution in [0.4, 0.5) is 0 Å². The molecule has 2 saturated carbocycles. The monoisotopic (exact) mass is 639 g/mol. The van der Waals surface area contributed by atoms with E-state index >= 15 is 0 Å². The van der Waals surface area contributed by atoms with Crippen LogP contribution in [0.3, 0.4) is 0 Å². The molecule has 2 aliphatic heterocycles. The van der Waals surface area contributed by atoms with Gasteiger partial charge in [-0.1, -0.05) is 0 Å². The summed E-state index contributed by atoms with van der Waals surface area (Å²) in [6.45, 7) is 6.02. The van der Waals surface area contributed by atoms with Gasteiger partial charge in [0, 0.05) is 57.4 Å². The number of aliphatic hydroxyl groups excluding tert-OH is 1. The third-order valence-electron chi connectivity index (χ3n) is 10.7. The molecule has 4 fully saturated rings. The number of carbonyl (C=O) groups is 2. The SMILES string of the molecule is CC(=O)c1cc(C2CC2)n(-c2ccc(C#N)cc2)c1C.Cc1c(C(=O)CN2C3CCC2[C@@H](O)C3)cc(C2CC2)n1-c1ccc(C#N)cc1. The highest BCUT2D eigenvalue weighted by molar-refractivity contribution is 5.99. The van der Waals surface area contributed by atoms with Gasteiger partial charge in [0.25, 0.3) is 0 Å². The second-order valence-electron chi connectivity index (χ2n) is 13.9. The molecular formula is C40H41N5O3. The fraction of sp³-hybridized carbons (Fsp3) is 0.400. The molecule has 2 aliphatic carbocycles. The van der Waals surface area contributed by atoms with Crippen LogP contribution in [-0.2, 0) is 0 Å². The second-order valence-corrected chi connectivity index (χ2v) is 13.9. The zero-order chi connectivity index (χ0) is 33.7. The molecule has 48 heavy (non-hydrogen) atoms. The number of nitrogens with zero attached hydrogens (tertiary/aromatic N) is 5. The van der Waals surface area contributed by atoms with Gasteiger partial charge in [0.1, 0.15) is 0 Å². The van der Waals surface area contributed by atoms with Crippen LogP contribution in [0.2, 0.25) is 0 Å². The summed E-state index contributed by atoms with van der Waals surface area (Å²) in [6, 6.07) is 24.0. The molecule has 2 unspecified atom stereocenters. The maximum Gasteiger partial charge on any atom is 0.178 e. The lowest BCUT2D eigenvalue weighted by atomic mass is 9.98. The molecule has 8 heteroatoms. The molecule has 2 bridgehead atoms. The number of nitriles is 2. The quantitative estimate of drug-likeness (QED) is 0.207. The number of hydrogen-bond acceptors (Lipinski definition) is 6. The van der Waals surface area contributed by atoms with Gasteiger partial charge in [-0.3, -0.25) is 14.5 Å². The summed E-state index contributed by atoms with van der Waals surface area (Å²) in [5, 5.41) is 28.1.